The van der Waals surface area contributed by atoms with Crippen molar-refractivity contribution in [2.24, 2.45) is 39.3 Å². The number of aliphatic hydroxyl groups excluding tert-OH is 1. The van der Waals surface area contributed by atoms with Crippen LogP contribution in [0.25, 0.3) is 0 Å². The molecule has 5 aliphatic carbocycles. The highest BCUT2D eigenvalue weighted by Gasteiger charge is 2.75. The number of aliphatic imine (C=N–C) groups is 1. The van der Waals surface area contributed by atoms with E-state index in [0.717, 1.165) is 56.9 Å². The summed E-state index contributed by atoms with van der Waals surface area (Å²) < 4.78 is 6.45. The van der Waals surface area contributed by atoms with Gasteiger partial charge in [-0.15, -0.1) is 0 Å². The Labute approximate surface area is 268 Å². The minimum Gasteiger partial charge on any atom is -0.478 e. The molecule has 0 aromatic heterocycles. The Bertz CT molecular complexity index is 1180. The number of guanidine groups is 1. The van der Waals surface area contributed by atoms with Gasteiger partial charge in [0.15, 0.2) is 5.96 Å². The van der Waals surface area contributed by atoms with Crippen LogP contribution in [-0.4, -0.2) is 95.8 Å². The first-order valence-corrected chi connectivity index (χ1v) is 17.8. The van der Waals surface area contributed by atoms with Crippen molar-refractivity contribution in [3.63, 3.8) is 0 Å². The van der Waals surface area contributed by atoms with E-state index in [1.54, 1.807) is 0 Å². The molecule has 252 valence electrons. The van der Waals surface area contributed by atoms with Gasteiger partial charge in [-0.3, -0.25) is 0 Å². The third-order valence-electron chi connectivity index (χ3n) is 12.9. The molecule has 0 unspecified atom stereocenters. The summed E-state index contributed by atoms with van der Waals surface area (Å²) >= 11 is 0. The van der Waals surface area contributed by atoms with Crippen LogP contribution in [0.2, 0.25) is 0 Å². The average molecular weight is 628 g/mol. The summed E-state index contributed by atoms with van der Waals surface area (Å²) in [5.74, 6) is 0.0554. The van der Waals surface area contributed by atoms with Gasteiger partial charge in [0.1, 0.15) is 5.60 Å². The molecule has 6 aliphatic rings. The van der Waals surface area contributed by atoms with Crippen molar-refractivity contribution < 1.29 is 24.9 Å². The molecule has 10 nitrogen and oxygen atoms in total. The summed E-state index contributed by atoms with van der Waals surface area (Å²) in [6.45, 7) is 4.15. The smallest absolute Gasteiger partial charge is 0.334 e. The quantitative estimate of drug-likeness (QED) is 0.122. The van der Waals surface area contributed by atoms with Crippen LogP contribution >= 0.6 is 0 Å². The molecule has 0 amide bonds. The van der Waals surface area contributed by atoms with Gasteiger partial charge in [-0.1, -0.05) is 32.3 Å². The molecule has 10 heteroatoms. The second-order valence-corrected chi connectivity index (χ2v) is 15.1. The fourth-order valence-corrected chi connectivity index (χ4v) is 10.9. The fourth-order valence-electron chi connectivity index (χ4n) is 10.9. The molecule has 2 spiro atoms. The van der Waals surface area contributed by atoms with E-state index in [9.17, 15) is 20.1 Å². The van der Waals surface area contributed by atoms with Crippen LogP contribution in [0.15, 0.2) is 28.4 Å². The number of aliphatic carboxylic acids is 1. The van der Waals surface area contributed by atoms with Crippen LogP contribution in [-0.2, 0) is 9.53 Å². The first-order valence-electron chi connectivity index (χ1n) is 17.8. The topological polar surface area (TPSA) is 153 Å². The second-order valence-electron chi connectivity index (χ2n) is 15.1. The summed E-state index contributed by atoms with van der Waals surface area (Å²) in [6.07, 6.45) is 17.1. The normalized spacial score (nSPS) is 40.4. The van der Waals surface area contributed by atoms with Crippen LogP contribution in [0.5, 0.6) is 0 Å². The maximum Gasteiger partial charge on any atom is 0.334 e. The van der Waals surface area contributed by atoms with E-state index in [4.69, 9.17) is 15.5 Å². The van der Waals surface area contributed by atoms with Gasteiger partial charge < -0.3 is 41.3 Å². The molecule has 1 heterocycles. The lowest BCUT2D eigenvalue weighted by molar-refractivity contribution is -0.143. The van der Waals surface area contributed by atoms with E-state index < -0.39 is 17.0 Å². The van der Waals surface area contributed by atoms with Gasteiger partial charge in [-0.05, 0) is 94.6 Å². The Morgan fingerprint density at radius 1 is 1.16 bits per heavy atom. The van der Waals surface area contributed by atoms with Gasteiger partial charge in [0.2, 0.25) is 0 Å². The van der Waals surface area contributed by atoms with Gasteiger partial charge in [-0.25, -0.2) is 9.79 Å². The van der Waals surface area contributed by atoms with Crippen molar-refractivity contribution in [3.8, 4) is 0 Å². The number of nitrogens with one attached hydrogen (secondary N) is 2. The fraction of sp³-hybridized carbons (Fsp3) is 0.829. The molecule has 0 aromatic carbocycles. The van der Waals surface area contributed by atoms with Crippen LogP contribution < -0.4 is 16.4 Å². The Morgan fingerprint density at radius 3 is 2.69 bits per heavy atom. The summed E-state index contributed by atoms with van der Waals surface area (Å²) in [4.78, 5) is 20.3. The zero-order valence-electron chi connectivity index (χ0n) is 27.5. The largest absolute Gasteiger partial charge is 0.478 e. The third kappa shape index (κ3) is 5.66. The SMILES string of the molecule is CN[C@H]1CCC[C@H](OC[C@]2(O)C[C@@]34C(=C2C(=O)O)C[C@@H](CC[C@H]3C)[C@@]42CN(C(N)=NC3CCCCC3)C=C[C@@H]2CNCCO)C1. The van der Waals surface area contributed by atoms with Crippen molar-refractivity contribution in [2.45, 2.75) is 114 Å². The number of aliphatic hydroxyl groups is 2. The third-order valence-corrected chi connectivity index (χ3v) is 12.9. The van der Waals surface area contributed by atoms with Crippen molar-refractivity contribution in [3.05, 3.63) is 23.4 Å². The zero-order chi connectivity index (χ0) is 31.8. The number of rotatable bonds is 10. The van der Waals surface area contributed by atoms with Crippen molar-refractivity contribution in [1.29, 1.82) is 0 Å². The summed E-state index contributed by atoms with van der Waals surface area (Å²) in [6, 6.07) is 0.629. The first kappa shape index (κ1) is 32.9. The minimum atomic E-state index is -1.56. The Balaban J connectivity index is 1.38. The van der Waals surface area contributed by atoms with E-state index in [0.29, 0.717) is 44.5 Å². The average Bonchev–Trinajstić information content (AvgIpc) is 3.39. The molecule has 8 atom stereocenters. The molecule has 0 radical (unpaired) electrons. The molecule has 0 aromatic rings. The van der Waals surface area contributed by atoms with E-state index in [1.807, 2.05) is 7.05 Å². The van der Waals surface area contributed by atoms with Gasteiger partial charge in [0.25, 0.3) is 0 Å². The van der Waals surface area contributed by atoms with Gasteiger partial charge in [0.05, 0.1) is 30.9 Å². The van der Waals surface area contributed by atoms with E-state index >= 15 is 0 Å². The van der Waals surface area contributed by atoms with E-state index in [1.165, 1.54) is 19.3 Å². The van der Waals surface area contributed by atoms with Crippen LogP contribution in [0.1, 0.15) is 90.4 Å². The molecule has 2 bridgehead atoms. The molecule has 4 fully saturated rings. The lowest BCUT2D eigenvalue weighted by atomic mass is 9.46. The molecule has 45 heavy (non-hydrogen) atoms. The minimum absolute atomic E-state index is 0.00281. The molecular weight excluding hydrogens is 570 g/mol. The monoisotopic (exact) mass is 627 g/mol. The zero-order valence-corrected chi connectivity index (χ0v) is 27.5. The summed E-state index contributed by atoms with van der Waals surface area (Å²) in [7, 11) is 1.98. The molecule has 0 saturated heterocycles. The first-order chi connectivity index (χ1) is 21.7. The summed E-state index contributed by atoms with van der Waals surface area (Å²) in [5, 5.41) is 39.7. The van der Waals surface area contributed by atoms with E-state index in [2.05, 4.69) is 34.7 Å². The molecule has 1 aliphatic heterocycles. The molecular formula is C35H57N5O5. The van der Waals surface area contributed by atoms with Gasteiger partial charge in [0, 0.05) is 42.7 Å². The number of carboxylic acids is 1. The lowest BCUT2D eigenvalue weighted by Gasteiger charge is -2.61. The van der Waals surface area contributed by atoms with Gasteiger partial charge in [-0.2, -0.15) is 0 Å². The summed E-state index contributed by atoms with van der Waals surface area (Å²) in [5.41, 5.74) is 5.50. The highest BCUT2D eigenvalue weighted by atomic mass is 16.5. The Kier molecular flexibility index (Phi) is 9.71. The number of allylic oxidation sites excluding steroid dienone is 1. The molecule has 6 rings (SSSR count). The number of carbonyl (C=O) groups is 1. The lowest BCUT2D eigenvalue weighted by Crippen LogP contribution is -2.62. The van der Waals surface area contributed by atoms with Crippen LogP contribution in [0.4, 0.5) is 0 Å². The molecule has 7 N–H and O–H groups in total. The van der Waals surface area contributed by atoms with Crippen LogP contribution in [0, 0.1) is 28.6 Å². The van der Waals surface area contributed by atoms with Gasteiger partial charge >= 0.3 is 5.97 Å². The van der Waals surface area contributed by atoms with Crippen molar-refractivity contribution in [1.82, 2.24) is 15.5 Å². The number of nitrogens with zero attached hydrogens (tertiary/aromatic N) is 2. The predicted octanol–water partition coefficient (Wildman–Crippen LogP) is 3.15. The Morgan fingerprint density at radius 2 is 1.96 bits per heavy atom. The van der Waals surface area contributed by atoms with E-state index in [-0.39, 0.29) is 54.1 Å². The molecule has 4 saturated carbocycles. The predicted molar refractivity (Wildman–Crippen MR) is 174 cm³/mol. The standard InChI is InChI=1S/C35H57N5O5/c1-23-11-12-24-17-29-30(31(42)43)33(44,22-45-28-10-6-9-27(18-28)37-2)20-34(23,29)35(24)21-40(15-13-25(35)19-38-14-16-41)32(36)39-26-7-4-3-5-8-26/h13,15,23-28,37-38,41,44H,3-12,14,16-22H2,1-2H3,(H2,36,39)(H,42,43)/t23-,24-,25-,27+,28+,33-,34+,35-/m1/s1. The number of nitrogens with two attached hydrogens (primary N) is 1. The van der Waals surface area contributed by atoms with Crippen LogP contribution in [0.3, 0.4) is 0 Å². The number of ether oxygens (including phenoxy) is 1. The van der Waals surface area contributed by atoms with Crippen molar-refractivity contribution in [2.75, 3.05) is 39.9 Å². The van der Waals surface area contributed by atoms with Crippen molar-refractivity contribution >= 4 is 11.9 Å². The number of carboxylic acid groups (broad SMARTS) is 1. The Hall–Kier alpha value is -1.98. The maximum atomic E-state index is 13.2. The second kappa shape index (κ2) is 13.3. The number of hydrogen-bond donors (Lipinski definition) is 6. The highest BCUT2D eigenvalue weighted by Crippen LogP contribution is 2.77. The highest BCUT2D eigenvalue weighted by molar-refractivity contribution is 5.92. The number of hydrogen-bond acceptors (Lipinski definition) is 7. The maximum absolute atomic E-state index is 13.2.